The van der Waals surface area contributed by atoms with E-state index in [2.05, 4.69) is 15.3 Å². The Kier molecular flexibility index (Phi) is 7.96. The Bertz CT molecular complexity index is 1030. The Morgan fingerprint density at radius 2 is 1.53 bits per heavy atom. The van der Waals surface area contributed by atoms with Crippen LogP contribution in [0.5, 0.6) is 17.2 Å². The van der Waals surface area contributed by atoms with E-state index < -0.39 is 0 Å². The molecule has 168 valence electrons. The summed E-state index contributed by atoms with van der Waals surface area (Å²) in [6.07, 6.45) is 1.41. The molecule has 3 aromatic rings. The lowest BCUT2D eigenvalue weighted by molar-refractivity contribution is 0.0949. The van der Waals surface area contributed by atoms with E-state index in [1.54, 1.807) is 30.3 Å². The van der Waals surface area contributed by atoms with Gasteiger partial charge in [0, 0.05) is 11.1 Å². The molecule has 32 heavy (non-hydrogen) atoms. The second kappa shape index (κ2) is 11.1. The number of aromatic nitrogens is 2. The Hall–Kier alpha value is -3.68. The van der Waals surface area contributed by atoms with Gasteiger partial charge < -0.3 is 19.5 Å². The summed E-state index contributed by atoms with van der Waals surface area (Å²) in [5, 5.41) is 2.85. The molecule has 0 unspecified atom stereocenters. The summed E-state index contributed by atoms with van der Waals surface area (Å²) in [6, 6.07) is 11.1. The normalized spacial score (nSPS) is 10.5. The molecule has 1 N–H and O–H groups in total. The third kappa shape index (κ3) is 5.72. The molecule has 2 aromatic carbocycles. The fourth-order valence-corrected chi connectivity index (χ4v) is 3.07. The number of amides is 1. The van der Waals surface area contributed by atoms with Crippen LogP contribution >= 0.6 is 0 Å². The van der Waals surface area contributed by atoms with Crippen molar-refractivity contribution in [1.82, 2.24) is 15.3 Å². The van der Waals surface area contributed by atoms with Crippen molar-refractivity contribution in [2.45, 2.75) is 27.3 Å². The smallest absolute Gasteiger partial charge is 0.251 e. The van der Waals surface area contributed by atoms with Gasteiger partial charge in [0.25, 0.3) is 5.91 Å². The first-order valence-electron chi connectivity index (χ1n) is 10.5. The van der Waals surface area contributed by atoms with Crippen molar-refractivity contribution in [1.29, 1.82) is 0 Å². The highest BCUT2D eigenvalue weighted by Gasteiger charge is 2.18. The molecular weight excluding hydrogens is 413 g/mol. The highest BCUT2D eigenvalue weighted by Crippen LogP contribution is 2.39. The van der Waals surface area contributed by atoms with E-state index in [-0.39, 0.29) is 18.3 Å². The van der Waals surface area contributed by atoms with Gasteiger partial charge in [0.15, 0.2) is 11.5 Å². The largest absolute Gasteiger partial charge is 0.490 e. The second-order valence-corrected chi connectivity index (χ2v) is 6.68. The first kappa shape index (κ1) is 23.0. The van der Waals surface area contributed by atoms with E-state index >= 15 is 0 Å². The summed E-state index contributed by atoms with van der Waals surface area (Å²) in [7, 11) is 0. The molecule has 0 aliphatic rings. The van der Waals surface area contributed by atoms with E-state index in [0.29, 0.717) is 54.0 Å². The lowest BCUT2D eigenvalue weighted by atomic mass is 10.1. The van der Waals surface area contributed by atoms with Crippen LogP contribution in [0, 0.1) is 5.82 Å². The van der Waals surface area contributed by atoms with E-state index in [9.17, 15) is 9.18 Å². The molecule has 0 saturated heterocycles. The Labute approximate surface area is 186 Å². The zero-order valence-electron chi connectivity index (χ0n) is 18.4. The van der Waals surface area contributed by atoms with Crippen LogP contribution in [0.1, 0.15) is 36.8 Å². The van der Waals surface area contributed by atoms with Gasteiger partial charge >= 0.3 is 0 Å². The van der Waals surface area contributed by atoms with Gasteiger partial charge in [-0.05, 0) is 63.2 Å². The maximum absolute atomic E-state index is 13.2. The van der Waals surface area contributed by atoms with Crippen LogP contribution in [0.25, 0.3) is 11.3 Å². The minimum atomic E-state index is -0.316. The average molecular weight is 439 g/mol. The molecule has 0 aliphatic carbocycles. The fourth-order valence-electron chi connectivity index (χ4n) is 3.07. The van der Waals surface area contributed by atoms with Gasteiger partial charge in [0.1, 0.15) is 12.1 Å². The lowest BCUT2D eigenvalue weighted by Crippen LogP contribution is -2.23. The number of benzene rings is 2. The van der Waals surface area contributed by atoms with Crippen LogP contribution in [-0.4, -0.2) is 35.7 Å². The molecule has 1 amide bonds. The summed E-state index contributed by atoms with van der Waals surface area (Å²) < 4.78 is 30.2. The number of hydrogen-bond acceptors (Lipinski definition) is 6. The van der Waals surface area contributed by atoms with Crippen molar-refractivity contribution < 1.29 is 23.4 Å². The van der Waals surface area contributed by atoms with E-state index in [0.717, 1.165) is 5.56 Å². The SMILES string of the molecule is CCOc1cc(C(=O)NCc2cc(-c3ccc(F)cc3)ncn2)cc(OCC)c1OCC. The quantitative estimate of drug-likeness (QED) is 0.504. The van der Waals surface area contributed by atoms with E-state index in [1.807, 2.05) is 20.8 Å². The minimum absolute atomic E-state index is 0.191. The number of nitrogens with one attached hydrogen (secondary N) is 1. The molecule has 0 bridgehead atoms. The number of halogens is 1. The van der Waals surface area contributed by atoms with Gasteiger partial charge in [-0.1, -0.05) is 0 Å². The highest BCUT2D eigenvalue weighted by atomic mass is 19.1. The van der Waals surface area contributed by atoms with Crippen LogP contribution in [0.15, 0.2) is 48.8 Å². The zero-order valence-corrected chi connectivity index (χ0v) is 18.4. The van der Waals surface area contributed by atoms with Gasteiger partial charge in [0.05, 0.1) is 37.8 Å². The molecule has 1 aromatic heterocycles. The molecule has 0 fully saturated rings. The van der Waals surface area contributed by atoms with E-state index in [1.165, 1.54) is 18.5 Å². The van der Waals surface area contributed by atoms with Gasteiger partial charge in [-0.2, -0.15) is 0 Å². The first-order valence-corrected chi connectivity index (χ1v) is 10.5. The predicted octanol–water partition coefficient (Wildman–Crippen LogP) is 4.41. The van der Waals surface area contributed by atoms with E-state index in [4.69, 9.17) is 14.2 Å². The monoisotopic (exact) mass is 439 g/mol. The van der Waals surface area contributed by atoms with Crippen LogP contribution in [0.3, 0.4) is 0 Å². The number of hydrogen-bond donors (Lipinski definition) is 1. The van der Waals surface area contributed by atoms with Crippen LogP contribution in [0.2, 0.25) is 0 Å². The van der Waals surface area contributed by atoms with Crippen LogP contribution in [0.4, 0.5) is 4.39 Å². The summed E-state index contributed by atoms with van der Waals surface area (Å²) in [6.45, 7) is 7.06. The summed E-state index contributed by atoms with van der Waals surface area (Å²) in [4.78, 5) is 21.3. The van der Waals surface area contributed by atoms with Crippen LogP contribution < -0.4 is 19.5 Å². The molecule has 0 atom stereocenters. The average Bonchev–Trinajstić information content (AvgIpc) is 2.80. The summed E-state index contributed by atoms with van der Waals surface area (Å²) in [5.74, 6) is 0.755. The Morgan fingerprint density at radius 1 is 0.906 bits per heavy atom. The number of ether oxygens (including phenoxy) is 3. The van der Waals surface area contributed by atoms with Crippen molar-refractivity contribution in [2.75, 3.05) is 19.8 Å². The third-order valence-electron chi connectivity index (χ3n) is 4.47. The molecule has 7 nitrogen and oxygen atoms in total. The van der Waals surface area contributed by atoms with Gasteiger partial charge in [-0.3, -0.25) is 4.79 Å². The maximum atomic E-state index is 13.2. The predicted molar refractivity (Wildman–Crippen MR) is 119 cm³/mol. The molecule has 0 aliphatic heterocycles. The fraction of sp³-hybridized carbons (Fsp3) is 0.292. The topological polar surface area (TPSA) is 82.6 Å². The number of carbonyl (C=O) groups excluding carboxylic acids is 1. The summed E-state index contributed by atoms with van der Waals surface area (Å²) in [5.41, 5.74) is 2.40. The number of rotatable bonds is 10. The number of nitrogens with zero attached hydrogens (tertiary/aromatic N) is 2. The summed E-state index contributed by atoms with van der Waals surface area (Å²) >= 11 is 0. The van der Waals surface area contributed by atoms with Gasteiger partial charge in [0.2, 0.25) is 5.75 Å². The maximum Gasteiger partial charge on any atom is 0.251 e. The van der Waals surface area contributed by atoms with Gasteiger partial charge in [-0.25, -0.2) is 14.4 Å². The molecule has 0 spiro atoms. The highest BCUT2D eigenvalue weighted by molar-refractivity contribution is 5.95. The molecule has 0 radical (unpaired) electrons. The van der Waals surface area contributed by atoms with Gasteiger partial charge in [-0.15, -0.1) is 0 Å². The molecule has 1 heterocycles. The van der Waals surface area contributed by atoms with Crippen molar-refractivity contribution in [3.8, 4) is 28.5 Å². The first-order chi connectivity index (χ1) is 15.5. The Morgan fingerprint density at radius 3 is 2.12 bits per heavy atom. The lowest BCUT2D eigenvalue weighted by Gasteiger charge is -2.17. The van der Waals surface area contributed by atoms with Crippen molar-refractivity contribution in [3.05, 3.63) is 65.9 Å². The van der Waals surface area contributed by atoms with Crippen molar-refractivity contribution in [2.24, 2.45) is 0 Å². The molecule has 0 saturated carbocycles. The van der Waals surface area contributed by atoms with Crippen LogP contribution in [-0.2, 0) is 6.54 Å². The third-order valence-corrected chi connectivity index (χ3v) is 4.47. The van der Waals surface area contributed by atoms with Crippen molar-refractivity contribution in [3.63, 3.8) is 0 Å². The molecule has 3 rings (SSSR count). The standard InChI is InChI=1S/C24H26FN3O4/c1-4-30-21-11-17(12-22(31-5-2)23(21)32-6-3)24(29)26-14-19-13-20(28-15-27-19)16-7-9-18(25)10-8-16/h7-13,15H,4-6,14H2,1-3H3,(H,26,29). The number of carbonyl (C=O) groups is 1. The zero-order chi connectivity index (χ0) is 22.9. The molecular formula is C24H26FN3O4. The molecule has 8 heteroatoms. The Balaban J connectivity index is 1.78. The minimum Gasteiger partial charge on any atom is -0.490 e. The second-order valence-electron chi connectivity index (χ2n) is 6.68. The van der Waals surface area contributed by atoms with Crippen molar-refractivity contribution >= 4 is 5.91 Å².